The Balaban J connectivity index is 1.67. The van der Waals surface area contributed by atoms with Gasteiger partial charge in [0.2, 0.25) is 0 Å². The van der Waals surface area contributed by atoms with Crippen LogP contribution in [-0.4, -0.2) is 15.0 Å². The smallest absolute Gasteiger partial charge is 0.332 e. The number of benzene rings is 2. The molecule has 0 saturated carbocycles. The monoisotopic (exact) mass is 378 g/mol. The molecule has 0 unspecified atom stereocenters. The molecule has 2 aromatic carbocycles. The quantitative estimate of drug-likeness (QED) is 0.673. The number of hydrazine groups is 1. The van der Waals surface area contributed by atoms with Crippen molar-refractivity contribution in [3.05, 3.63) is 86.6 Å². The summed E-state index contributed by atoms with van der Waals surface area (Å²) in [6, 6.07) is 15.9. The van der Waals surface area contributed by atoms with Crippen LogP contribution in [0, 0.1) is 0 Å². The summed E-state index contributed by atoms with van der Waals surface area (Å²) in [7, 11) is 2.90. The zero-order valence-electron chi connectivity index (χ0n) is 15.3. The Morgan fingerprint density at radius 1 is 0.929 bits per heavy atom. The van der Waals surface area contributed by atoms with Crippen LogP contribution in [-0.2, 0) is 18.9 Å². The van der Waals surface area contributed by atoms with E-state index < -0.39 is 17.2 Å². The standard InChI is InChI=1S/C20H18N4O4/c1-23-16(11-17(25)24(2)20(23)27)21-22-19(26)18-12-7-3-5-9-14(12)28-15-10-6-4-8-13(15)18/h3-11,18,21H,1-2H3,(H,22,26). The van der Waals surface area contributed by atoms with E-state index in [0.29, 0.717) is 11.5 Å². The molecule has 1 amide bonds. The number of carbonyl (C=O) groups excluding carboxylic acids is 1. The number of para-hydroxylation sites is 2. The Bertz CT molecular complexity index is 1150. The van der Waals surface area contributed by atoms with E-state index in [4.69, 9.17) is 4.74 Å². The maximum Gasteiger partial charge on any atom is 0.332 e. The van der Waals surface area contributed by atoms with E-state index >= 15 is 0 Å². The van der Waals surface area contributed by atoms with E-state index in [1.807, 2.05) is 48.5 Å². The molecule has 8 nitrogen and oxygen atoms in total. The number of aromatic nitrogens is 2. The third-order valence-electron chi connectivity index (χ3n) is 4.78. The van der Waals surface area contributed by atoms with Gasteiger partial charge in [-0.1, -0.05) is 36.4 Å². The lowest BCUT2D eigenvalue weighted by Crippen LogP contribution is -2.41. The van der Waals surface area contributed by atoms with Crippen LogP contribution in [0.5, 0.6) is 11.5 Å². The van der Waals surface area contributed by atoms with Crippen LogP contribution in [0.4, 0.5) is 5.82 Å². The minimum atomic E-state index is -0.600. The molecular formula is C20H18N4O4. The van der Waals surface area contributed by atoms with E-state index in [1.165, 1.54) is 24.7 Å². The summed E-state index contributed by atoms with van der Waals surface area (Å²) >= 11 is 0. The Morgan fingerprint density at radius 3 is 2.11 bits per heavy atom. The van der Waals surface area contributed by atoms with Gasteiger partial charge in [0.15, 0.2) is 0 Å². The normalized spacial score (nSPS) is 12.5. The third kappa shape index (κ3) is 2.84. The van der Waals surface area contributed by atoms with Crippen molar-refractivity contribution < 1.29 is 9.53 Å². The molecule has 4 rings (SSSR count). The van der Waals surface area contributed by atoms with Crippen molar-refractivity contribution >= 4 is 11.7 Å². The van der Waals surface area contributed by atoms with Crippen molar-refractivity contribution in [3.63, 3.8) is 0 Å². The predicted molar refractivity (Wildman–Crippen MR) is 103 cm³/mol. The lowest BCUT2D eigenvalue weighted by Gasteiger charge is -2.27. The summed E-state index contributed by atoms with van der Waals surface area (Å²) in [5.41, 5.74) is 5.81. The fraction of sp³-hybridized carbons (Fsp3) is 0.150. The number of anilines is 1. The second-order valence-corrected chi connectivity index (χ2v) is 6.49. The van der Waals surface area contributed by atoms with Crippen LogP contribution >= 0.6 is 0 Å². The highest BCUT2D eigenvalue weighted by molar-refractivity contribution is 5.90. The van der Waals surface area contributed by atoms with E-state index in [9.17, 15) is 14.4 Å². The number of hydrogen-bond donors (Lipinski definition) is 2. The van der Waals surface area contributed by atoms with Gasteiger partial charge in [0, 0.05) is 31.3 Å². The SMILES string of the molecule is Cn1c(NNC(=O)C2c3ccccc3Oc3ccccc32)cc(=O)n(C)c1=O. The maximum absolute atomic E-state index is 13.0. The molecule has 2 N–H and O–H groups in total. The Hall–Kier alpha value is -3.81. The molecule has 0 saturated heterocycles. The number of ether oxygens (including phenoxy) is 1. The molecule has 0 radical (unpaired) electrons. The van der Waals surface area contributed by atoms with Gasteiger partial charge in [-0.25, -0.2) is 4.79 Å². The Morgan fingerprint density at radius 2 is 1.50 bits per heavy atom. The zero-order valence-corrected chi connectivity index (χ0v) is 15.3. The topological polar surface area (TPSA) is 94.4 Å². The van der Waals surface area contributed by atoms with Crippen LogP contribution in [0.15, 0.2) is 64.2 Å². The van der Waals surface area contributed by atoms with Gasteiger partial charge in [-0.15, -0.1) is 0 Å². The van der Waals surface area contributed by atoms with Gasteiger partial charge >= 0.3 is 5.69 Å². The molecule has 1 aromatic heterocycles. The van der Waals surface area contributed by atoms with Gasteiger partial charge in [-0.05, 0) is 12.1 Å². The number of amides is 1. The highest BCUT2D eigenvalue weighted by Gasteiger charge is 2.32. The average Bonchev–Trinajstić information content (AvgIpc) is 2.71. The van der Waals surface area contributed by atoms with Gasteiger partial charge in [-0.3, -0.25) is 29.6 Å². The summed E-state index contributed by atoms with van der Waals surface area (Å²) in [6.45, 7) is 0. The van der Waals surface area contributed by atoms with Crippen molar-refractivity contribution in [2.75, 3.05) is 5.43 Å². The Labute approximate surface area is 160 Å². The van der Waals surface area contributed by atoms with Crippen LogP contribution in [0.3, 0.4) is 0 Å². The molecule has 0 fully saturated rings. The van der Waals surface area contributed by atoms with Gasteiger partial charge in [0.25, 0.3) is 11.5 Å². The van der Waals surface area contributed by atoms with Gasteiger partial charge in [0.05, 0.1) is 5.92 Å². The van der Waals surface area contributed by atoms with Crippen LogP contribution in [0.2, 0.25) is 0 Å². The first-order chi connectivity index (χ1) is 13.5. The van der Waals surface area contributed by atoms with E-state index in [1.54, 1.807) is 0 Å². The summed E-state index contributed by atoms with van der Waals surface area (Å²) in [4.78, 5) is 37.0. The van der Waals surface area contributed by atoms with Crippen molar-refractivity contribution in [3.8, 4) is 11.5 Å². The first-order valence-corrected chi connectivity index (χ1v) is 8.66. The number of hydrogen-bond acceptors (Lipinski definition) is 5. The average molecular weight is 378 g/mol. The fourth-order valence-corrected chi connectivity index (χ4v) is 3.24. The molecular weight excluding hydrogens is 360 g/mol. The van der Waals surface area contributed by atoms with Crippen molar-refractivity contribution in [1.82, 2.24) is 14.6 Å². The first kappa shape index (κ1) is 17.6. The fourth-order valence-electron chi connectivity index (χ4n) is 3.24. The van der Waals surface area contributed by atoms with Crippen molar-refractivity contribution in [2.24, 2.45) is 14.1 Å². The molecule has 3 aromatic rings. The molecule has 1 aliphatic heterocycles. The summed E-state index contributed by atoms with van der Waals surface area (Å²) < 4.78 is 8.12. The third-order valence-corrected chi connectivity index (χ3v) is 4.78. The minimum absolute atomic E-state index is 0.190. The molecule has 8 heteroatoms. The lowest BCUT2D eigenvalue weighted by molar-refractivity contribution is -0.121. The molecule has 0 atom stereocenters. The first-order valence-electron chi connectivity index (χ1n) is 8.66. The molecule has 0 aliphatic carbocycles. The molecule has 28 heavy (non-hydrogen) atoms. The number of fused-ring (bicyclic) bond motifs is 2. The minimum Gasteiger partial charge on any atom is -0.457 e. The largest absolute Gasteiger partial charge is 0.457 e. The second-order valence-electron chi connectivity index (χ2n) is 6.49. The zero-order chi connectivity index (χ0) is 19.8. The number of nitrogens with zero attached hydrogens (tertiary/aromatic N) is 2. The van der Waals surface area contributed by atoms with E-state index in [2.05, 4.69) is 10.9 Å². The molecule has 2 heterocycles. The van der Waals surface area contributed by atoms with Crippen LogP contribution < -0.4 is 26.8 Å². The number of carbonyl (C=O) groups is 1. The second kappa shape index (κ2) is 6.73. The lowest BCUT2D eigenvalue weighted by atomic mass is 9.87. The molecule has 0 spiro atoms. The molecule has 1 aliphatic rings. The summed E-state index contributed by atoms with van der Waals surface area (Å²) in [6.07, 6.45) is 0. The van der Waals surface area contributed by atoms with E-state index in [0.717, 1.165) is 15.7 Å². The highest BCUT2D eigenvalue weighted by Crippen LogP contribution is 2.43. The highest BCUT2D eigenvalue weighted by atomic mass is 16.5. The summed E-state index contributed by atoms with van der Waals surface area (Å²) in [5, 5.41) is 0. The van der Waals surface area contributed by atoms with Crippen LogP contribution in [0.1, 0.15) is 17.0 Å². The molecule has 142 valence electrons. The van der Waals surface area contributed by atoms with Gasteiger partial charge in [-0.2, -0.15) is 0 Å². The van der Waals surface area contributed by atoms with Crippen molar-refractivity contribution in [2.45, 2.75) is 5.92 Å². The predicted octanol–water partition coefficient (Wildman–Crippen LogP) is 1.46. The van der Waals surface area contributed by atoms with E-state index in [-0.39, 0.29) is 11.7 Å². The number of rotatable bonds is 3. The van der Waals surface area contributed by atoms with Crippen molar-refractivity contribution in [1.29, 1.82) is 0 Å². The molecule has 0 bridgehead atoms. The van der Waals surface area contributed by atoms with Gasteiger partial charge < -0.3 is 4.74 Å². The maximum atomic E-state index is 13.0. The Kier molecular flexibility index (Phi) is 4.23. The number of nitrogens with one attached hydrogen (secondary N) is 2. The van der Waals surface area contributed by atoms with Gasteiger partial charge in [0.1, 0.15) is 17.3 Å². The summed E-state index contributed by atoms with van der Waals surface area (Å²) in [5.74, 6) is 0.480. The van der Waals surface area contributed by atoms with Crippen LogP contribution in [0.25, 0.3) is 0 Å².